The molecular formula is C19H26N2O3. The average molecular weight is 330 g/mol. The fourth-order valence-electron chi connectivity index (χ4n) is 2.97. The second-order valence-corrected chi connectivity index (χ2v) is 6.75. The van der Waals surface area contributed by atoms with Crippen molar-refractivity contribution in [2.75, 3.05) is 32.8 Å². The van der Waals surface area contributed by atoms with Crippen molar-refractivity contribution in [3.63, 3.8) is 0 Å². The maximum atomic E-state index is 12.2. The SMILES string of the molecule is Cc1ccc(OCCCC(=O)N2CCN(C(=O)C3CC3)CC2)cc1. The summed E-state index contributed by atoms with van der Waals surface area (Å²) in [5.41, 5.74) is 1.21. The summed E-state index contributed by atoms with van der Waals surface area (Å²) >= 11 is 0. The van der Waals surface area contributed by atoms with E-state index in [1.54, 1.807) is 0 Å². The Hall–Kier alpha value is -2.04. The van der Waals surface area contributed by atoms with E-state index in [0.29, 0.717) is 45.6 Å². The number of amides is 2. The standard InChI is InChI=1S/C19H26N2O3/c1-15-4-8-17(9-5-15)24-14-2-3-18(22)20-10-12-21(13-11-20)19(23)16-6-7-16/h4-5,8-9,16H,2-3,6-7,10-14H2,1H3. The van der Waals surface area contributed by atoms with E-state index in [9.17, 15) is 9.59 Å². The van der Waals surface area contributed by atoms with Gasteiger partial charge in [0.05, 0.1) is 6.61 Å². The second kappa shape index (κ2) is 7.69. The summed E-state index contributed by atoms with van der Waals surface area (Å²) in [6.07, 6.45) is 3.30. The van der Waals surface area contributed by atoms with Crippen molar-refractivity contribution in [3.8, 4) is 5.75 Å². The molecule has 0 N–H and O–H groups in total. The van der Waals surface area contributed by atoms with E-state index in [-0.39, 0.29) is 17.7 Å². The molecule has 2 amide bonds. The van der Waals surface area contributed by atoms with Crippen LogP contribution >= 0.6 is 0 Å². The monoisotopic (exact) mass is 330 g/mol. The van der Waals surface area contributed by atoms with Crippen molar-refractivity contribution in [1.82, 2.24) is 9.80 Å². The van der Waals surface area contributed by atoms with Crippen molar-refractivity contribution < 1.29 is 14.3 Å². The molecule has 1 saturated carbocycles. The second-order valence-electron chi connectivity index (χ2n) is 6.75. The Balaban J connectivity index is 1.32. The molecule has 0 spiro atoms. The highest BCUT2D eigenvalue weighted by molar-refractivity contribution is 5.81. The van der Waals surface area contributed by atoms with Gasteiger partial charge in [-0.1, -0.05) is 17.7 Å². The third kappa shape index (κ3) is 4.49. The molecule has 1 aliphatic carbocycles. The number of hydrogen-bond acceptors (Lipinski definition) is 3. The predicted octanol–water partition coefficient (Wildman–Crippen LogP) is 2.23. The molecule has 3 rings (SSSR count). The van der Waals surface area contributed by atoms with Crippen LogP contribution in [0.25, 0.3) is 0 Å². The Morgan fingerprint density at radius 3 is 2.29 bits per heavy atom. The number of carbonyl (C=O) groups excluding carboxylic acids is 2. The van der Waals surface area contributed by atoms with Gasteiger partial charge in [0.25, 0.3) is 0 Å². The van der Waals surface area contributed by atoms with Gasteiger partial charge in [0.2, 0.25) is 11.8 Å². The van der Waals surface area contributed by atoms with Gasteiger partial charge in [-0.25, -0.2) is 0 Å². The number of piperazine rings is 1. The molecule has 1 aromatic rings. The molecule has 2 aliphatic rings. The van der Waals surface area contributed by atoms with Gasteiger partial charge < -0.3 is 14.5 Å². The molecule has 1 heterocycles. The minimum absolute atomic E-state index is 0.168. The Kier molecular flexibility index (Phi) is 5.38. The zero-order valence-corrected chi connectivity index (χ0v) is 14.4. The molecule has 0 unspecified atom stereocenters. The van der Waals surface area contributed by atoms with E-state index >= 15 is 0 Å². The summed E-state index contributed by atoms with van der Waals surface area (Å²) < 4.78 is 5.66. The van der Waals surface area contributed by atoms with E-state index in [0.717, 1.165) is 18.6 Å². The van der Waals surface area contributed by atoms with Crippen molar-refractivity contribution in [2.45, 2.75) is 32.6 Å². The molecule has 5 heteroatoms. The summed E-state index contributed by atoms with van der Waals surface area (Å²) in [5.74, 6) is 1.57. The fraction of sp³-hybridized carbons (Fsp3) is 0.579. The van der Waals surface area contributed by atoms with Crippen molar-refractivity contribution >= 4 is 11.8 Å². The fourth-order valence-corrected chi connectivity index (χ4v) is 2.97. The molecule has 2 fully saturated rings. The molecule has 1 saturated heterocycles. The first-order valence-corrected chi connectivity index (χ1v) is 8.89. The van der Waals surface area contributed by atoms with Crippen LogP contribution in [0.1, 0.15) is 31.2 Å². The third-order valence-corrected chi connectivity index (χ3v) is 4.70. The summed E-state index contributed by atoms with van der Waals surface area (Å²) in [6.45, 7) is 5.28. The summed E-state index contributed by atoms with van der Waals surface area (Å²) in [7, 11) is 0. The van der Waals surface area contributed by atoms with Crippen molar-refractivity contribution in [2.24, 2.45) is 5.92 Å². The molecule has 0 radical (unpaired) electrons. The lowest BCUT2D eigenvalue weighted by molar-refractivity contribution is -0.140. The minimum atomic E-state index is 0.168. The molecule has 0 aromatic heterocycles. The average Bonchev–Trinajstić information content (AvgIpc) is 3.45. The highest BCUT2D eigenvalue weighted by Gasteiger charge is 2.35. The normalized spacial score (nSPS) is 17.7. The number of aryl methyl sites for hydroxylation is 1. The first-order valence-electron chi connectivity index (χ1n) is 8.89. The van der Waals surface area contributed by atoms with Crippen LogP contribution in [0.5, 0.6) is 5.75 Å². The first kappa shape index (κ1) is 16.8. The zero-order chi connectivity index (χ0) is 16.9. The lowest BCUT2D eigenvalue weighted by atomic mass is 10.2. The van der Waals surface area contributed by atoms with Crippen LogP contribution in [0.2, 0.25) is 0 Å². The number of nitrogens with zero attached hydrogens (tertiary/aromatic N) is 2. The van der Waals surface area contributed by atoms with Gasteiger partial charge in [0.15, 0.2) is 0 Å². The quantitative estimate of drug-likeness (QED) is 0.752. The third-order valence-electron chi connectivity index (χ3n) is 4.70. The Bertz CT molecular complexity index is 573. The van der Waals surface area contributed by atoms with E-state index in [1.165, 1.54) is 5.56 Å². The van der Waals surface area contributed by atoms with Crippen LogP contribution < -0.4 is 4.74 Å². The Labute approximate surface area is 143 Å². The molecule has 1 aliphatic heterocycles. The van der Waals surface area contributed by atoms with Crippen LogP contribution in [-0.4, -0.2) is 54.4 Å². The van der Waals surface area contributed by atoms with E-state index < -0.39 is 0 Å². The molecule has 0 bridgehead atoms. The smallest absolute Gasteiger partial charge is 0.225 e. The highest BCUT2D eigenvalue weighted by atomic mass is 16.5. The predicted molar refractivity (Wildman–Crippen MR) is 91.8 cm³/mol. The zero-order valence-electron chi connectivity index (χ0n) is 14.4. The van der Waals surface area contributed by atoms with E-state index in [2.05, 4.69) is 0 Å². The number of carbonyl (C=O) groups is 2. The molecule has 130 valence electrons. The van der Waals surface area contributed by atoms with Gasteiger partial charge in [0.1, 0.15) is 5.75 Å². The lowest BCUT2D eigenvalue weighted by Gasteiger charge is -2.35. The van der Waals surface area contributed by atoms with Gasteiger partial charge in [-0.05, 0) is 38.3 Å². The minimum Gasteiger partial charge on any atom is -0.494 e. The molecule has 24 heavy (non-hydrogen) atoms. The summed E-state index contributed by atoms with van der Waals surface area (Å²) in [4.78, 5) is 28.0. The van der Waals surface area contributed by atoms with Crippen LogP contribution in [0, 0.1) is 12.8 Å². The van der Waals surface area contributed by atoms with Gasteiger partial charge >= 0.3 is 0 Å². The molecule has 0 atom stereocenters. The van der Waals surface area contributed by atoms with Crippen molar-refractivity contribution in [3.05, 3.63) is 29.8 Å². The summed E-state index contributed by atoms with van der Waals surface area (Å²) in [6, 6.07) is 7.94. The largest absolute Gasteiger partial charge is 0.494 e. The van der Waals surface area contributed by atoms with Crippen LogP contribution in [0.3, 0.4) is 0 Å². The number of hydrogen-bond donors (Lipinski definition) is 0. The van der Waals surface area contributed by atoms with Gasteiger partial charge in [-0.2, -0.15) is 0 Å². The molecular weight excluding hydrogens is 304 g/mol. The van der Waals surface area contributed by atoms with Gasteiger partial charge in [0, 0.05) is 38.5 Å². The van der Waals surface area contributed by atoms with E-state index in [1.807, 2.05) is 41.0 Å². The van der Waals surface area contributed by atoms with Crippen LogP contribution in [0.4, 0.5) is 0 Å². The maximum absolute atomic E-state index is 12.2. The number of ether oxygens (including phenoxy) is 1. The van der Waals surface area contributed by atoms with Crippen LogP contribution in [-0.2, 0) is 9.59 Å². The van der Waals surface area contributed by atoms with E-state index in [4.69, 9.17) is 4.74 Å². The van der Waals surface area contributed by atoms with Crippen LogP contribution in [0.15, 0.2) is 24.3 Å². The number of benzene rings is 1. The van der Waals surface area contributed by atoms with Crippen molar-refractivity contribution in [1.29, 1.82) is 0 Å². The van der Waals surface area contributed by atoms with Gasteiger partial charge in [-0.15, -0.1) is 0 Å². The lowest BCUT2D eigenvalue weighted by Crippen LogP contribution is -2.51. The first-order chi connectivity index (χ1) is 11.6. The highest BCUT2D eigenvalue weighted by Crippen LogP contribution is 2.31. The number of rotatable bonds is 6. The molecule has 1 aromatic carbocycles. The van der Waals surface area contributed by atoms with Gasteiger partial charge in [-0.3, -0.25) is 9.59 Å². The Morgan fingerprint density at radius 2 is 1.67 bits per heavy atom. The Morgan fingerprint density at radius 1 is 1.04 bits per heavy atom. The summed E-state index contributed by atoms with van der Waals surface area (Å²) in [5, 5.41) is 0. The topological polar surface area (TPSA) is 49.9 Å². The maximum Gasteiger partial charge on any atom is 0.225 e. The molecule has 5 nitrogen and oxygen atoms in total.